The molecule has 6 nitrogen and oxygen atoms in total. The fourth-order valence-electron chi connectivity index (χ4n) is 3.18. The highest BCUT2D eigenvalue weighted by Crippen LogP contribution is 2.29. The summed E-state index contributed by atoms with van der Waals surface area (Å²) >= 11 is 1.69. The molecule has 0 unspecified atom stereocenters. The lowest BCUT2D eigenvalue weighted by molar-refractivity contribution is -0.114. The van der Waals surface area contributed by atoms with Crippen LogP contribution in [0.15, 0.2) is 48.5 Å². The van der Waals surface area contributed by atoms with Gasteiger partial charge in [0.1, 0.15) is 0 Å². The molecule has 27 heavy (non-hydrogen) atoms. The highest BCUT2D eigenvalue weighted by molar-refractivity contribution is 7.22. The summed E-state index contributed by atoms with van der Waals surface area (Å²) in [7, 11) is 0. The van der Waals surface area contributed by atoms with Crippen LogP contribution in [0.25, 0.3) is 10.2 Å². The Morgan fingerprint density at radius 1 is 1.00 bits per heavy atom. The van der Waals surface area contributed by atoms with Gasteiger partial charge in [-0.2, -0.15) is 0 Å². The second-order valence-electron chi connectivity index (χ2n) is 6.50. The summed E-state index contributed by atoms with van der Waals surface area (Å²) in [6, 6.07) is 15.2. The van der Waals surface area contributed by atoms with E-state index in [-0.39, 0.29) is 11.8 Å². The van der Waals surface area contributed by atoms with Gasteiger partial charge in [0, 0.05) is 44.4 Å². The average Bonchev–Trinajstić information content (AvgIpc) is 3.12. The monoisotopic (exact) mass is 380 g/mol. The van der Waals surface area contributed by atoms with Crippen molar-refractivity contribution in [3.05, 3.63) is 54.1 Å². The summed E-state index contributed by atoms with van der Waals surface area (Å²) in [6.07, 6.45) is 0. The molecular weight excluding hydrogens is 360 g/mol. The van der Waals surface area contributed by atoms with E-state index in [0.29, 0.717) is 24.3 Å². The van der Waals surface area contributed by atoms with E-state index in [1.54, 1.807) is 35.6 Å². The molecule has 0 atom stereocenters. The van der Waals surface area contributed by atoms with Gasteiger partial charge in [0.15, 0.2) is 5.13 Å². The fraction of sp³-hybridized carbons (Fsp3) is 0.250. The van der Waals surface area contributed by atoms with Gasteiger partial charge >= 0.3 is 0 Å². The number of carbonyl (C=O) groups excluding carboxylic acids is 2. The molecule has 2 heterocycles. The number of hydrogen-bond acceptors (Lipinski definition) is 5. The minimum Gasteiger partial charge on any atom is -0.345 e. The first kappa shape index (κ1) is 17.5. The van der Waals surface area contributed by atoms with Crippen molar-refractivity contribution in [2.75, 3.05) is 36.4 Å². The number of aromatic nitrogens is 1. The zero-order valence-corrected chi connectivity index (χ0v) is 15.8. The maximum absolute atomic E-state index is 12.7. The summed E-state index contributed by atoms with van der Waals surface area (Å²) < 4.78 is 1.19. The molecule has 1 N–H and O–H groups in total. The van der Waals surface area contributed by atoms with Crippen LogP contribution in [-0.2, 0) is 4.79 Å². The largest absolute Gasteiger partial charge is 0.345 e. The Bertz CT molecular complexity index is 942. The molecule has 1 aliphatic heterocycles. The van der Waals surface area contributed by atoms with Gasteiger partial charge in [-0.05, 0) is 36.4 Å². The zero-order valence-electron chi connectivity index (χ0n) is 15.0. The van der Waals surface area contributed by atoms with Crippen LogP contribution in [0.5, 0.6) is 0 Å². The Labute approximate surface area is 161 Å². The number of piperazine rings is 1. The highest BCUT2D eigenvalue weighted by atomic mass is 32.1. The highest BCUT2D eigenvalue weighted by Gasteiger charge is 2.23. The maximum atomic E-state index is 12.7. The Kier molecular flexibility index (Phi) is 4.77. The summed E-state index contributed by atoms with van der Waals surface area (Å²) in [5, 5.41) is 3.73. The van der Waals surface area contributed by atoms with Crippen LogP contribution in [0.3, 0.4) is 0 Å². The second-order valence-corrected chi connectivity index (χ2v) is 7.51. The van der Waals surface area contributed by atoms with Gasteiger partial charge in [0.05, 0.1) is 10.2 Å². The lowest BCUT2D eigenvalue weighted by Crippen LogP contribution is -2.48. The van der Waals surface area contributed by atoms with E-state index in [4.69, 9.17) is 4.98 Å². The van der Waals surface area contributed by atoms with Crippen molar-refractivity contribution in [1.82, 2.24) is 9.88 Å². The van der Waals surface area contributed by atoms with Crippen LogP contribution in [0, 0.1) is 0 Å². The maximum Gasteiger partial charge on any atom is 0.253 e. The molecule has 0 spiro atoms. The van der Waals surface area contributed by atoms with Crippen LogP contribution in [0.2, 0.25) is 0 Å². The third-order valence-corrected chi connectivity index (χ3v) is 5.67. The molecular formula is C20H20N4O2S. The standard InChI is InChI=1S/C20H20N4O2S/c1-14(25)21-16-8-6-15(7-9-16)19(26)23-10-12-24(13-11-23)20-22-17-4-2-3-5-18(17)27-20/h2-9H,10-13H2,1H3,(H,21,25). The number of benzene rings is 2. The van der Waals surface area contributed by atoms with Crippen molar-refractivity contribution < 1.29 is 9.59 Å². The molecule has 0 aliphatic carbocycles. The van der Waals surface area contributed by atoms with E-state index in [1.807, 2.05) is 23.1 Å². The first-order valence-electron chi connectivity index (χ1n) is 8.87. The Morgan fingerprint density at radius 3 is 2.37 bits per heavy atom. The fourth-order valence-corrected chi connectivity index (χ4v) is 4.20. The number of hydrogen-bond donors (Lipinski definition) is 1. The molecule has 1 aliphatic rings. The molecule has 1 aromatic heterocycles. The van der Waals surface area contributed by atoms with Gasteiger partial charge in [-0.25, -0.2) is 4.98 Å². The van der Waals surface area contributed by atoms with Crippen molar-refractivity contribution in [3.63, 3.8) is 0 Å². The molecule has 0 saturated carbocycles. The number of carbonyl (C=O) groups is 2. The average molecular weight is 380 g/mol. The van der Waals surface area contributed by atoms with Crippen molar-refractivity contribution in [1.29, 1.82) is 0 Å². The van der Waals surface area contributed by atoms with Gasteiger partial charge in [-0.1, -0.05) is 23.5 Å². The van der Waals surface area contributed by atoms with Crippen molar-refractivity contribution in [2.24, 2.45) is 0 Å². The molecule has 1 saturated heterocycles. The lowest BCUT2D eigenvalue weighted by Gasteiger charge is -2.34. The molecule has 4 rings (SSSR count). The van der Waals surface area contributed by atoms with E-state index >= 15 is 0 Å². The smallest absolute Gasteiger partial charge is 0.253 e. The van der Waals surface area contributed by atoms with Crippen LogP contribution < -0.4 is 10.2 Å². The molecule has 138 valence electrons. The number of nitrogens with one attached hydrogen (secondary N) is 1. The van der Waals surface area contributed by atoms with Gasteiger partial charge in [0.2, 0.25) is 5.91 Å². The Morgan fingerprint density at radius 2 is 1.70 bits per heavy atom. The van der Waals surface area contributed by atoms with Gasteiger partial charge in [-0.3, -0.25) is 9.59 Å². The number of nitrogens with zero attached hydrogens (tertiary/aromatic N) is 3. The Hall–Kier alpha value is -2.93. The third-order valence-electron chi connectivity index (χ3n) is 4.57. The minimum atomic E-state index is -0.125. The van der Waals surface area contributed by atoms with Gasteiger partial charge in [-0.15, -0.1) is 0 Å². The first-order valence-corrected chi connectivity index (χ1v) is 9.69. The summed E-state index contributed by atoms with van der Waals surface area (Å²) in [4.78, 5) is 32.6. The number of fused-ring (bicyclic) bond motifs is 1. The number of amides is 2. The van der Waals surface area contributed by atoms with Crippen LogP contribution >= 0.6 is 11.3 Å². The summed E-state index contributed by atoms with van der Waals surface area (Å²) in [5.74, 6) is -0.103. The zero-order chi connectivity index (χ0) is 18.8. The third kappa shape index (κ3) is 3.78. The van der Waals surface area contributed by atoms with Crippen LogP contribution in [0.4, 0.5) is 10.8 Å². The minimum absolute atomic E-state index is 0.0216. The van der Waals surface area contributed by atoms with Crippen molar-refractivity contribution in [2.45, 2.75) is 6.92 Å². The van der Waals surface area contributed by atoms with E-state index in [0.717, 1.165) is 23.7 Å². The van der Waals surface area contributed by atoms with E-state index in [1.165, 1.54) is 11.6 Å². The molecule has 0 bridgehead atoms. The lowest BCUT2D eigenvalue weighted by atomic mass is 10.1. The van der Waals surface area contributed by atoms with E-state index in [9.17, 15) is 9.59 Å². The molecule has 2 aromatic carbocycles. The van der Waals surface area contributed by atoms with Crippen LogP contribution in [-0.4, -0.2) is 47.9 Å². The number of anilines is 2. The van der Waals surface area contributed by atoms with Gasteiger partial charge < -0.3 is 15.1 Å². The number of para-hydroxylation sites is 1. The van der Waals surface area contributed by atoms with Gasteiger partial charge in [0.25, 0.3) is 5.91 Å². The SMILES string of the molecule is CC(=O)Nc1ccc(C(=O)N2CCN(c3nc4ccccc4s3)CC2)cc1. The summed E-state index contributed by atoms with van der Waals surface area (Å²) in [6.45, 7) is 4.35. The van der Waals surface area contributed by atoms with Crippen molar-refractivity contribution in [3.8, 4) is 0 Å². The molecule has 1 fully saturated rings. The molecule has 2 amide bonds. The first-order chi connectivity index (χ1) is 13.1. The van der Waals surface area contributed by atoms with Crippen molar-refractivity contribution >= 4 is 44.2 Å². The van der Waals surface area contributed by atoms with E-state index in [2.05, 4.69) is 16.3 Å². The molecule has 3 aromatic rings. The van der Waals surface area contributed by atoms with Crippen LogP contribution in [0.1, 0.15) is 17.3 Å². The topological polar surface area (TPSA) is 65.5 Å². The molecule has 7 heteroatoms. The predicted molar refractivity (Wildman–Crippen MR) is 108 cm³/mol. The molecule has 0 radical (unpaired) electrons. The second kappa shape index (κ2) is 7.36. The summed E-state index contributed by atoms with van der Waals surface area (Å²) in [5.41, 5.74) is 2.35. The normalized spacial score (nSPS) is 14.4. The van der Waals surface area contributed by atoms with E-state index < -0.39 is 0 Å². The number of thiazole rings is 1. The Balaban J connectivity index is 1.39. The number of rotatable bonds is 3. The quantitative estimate of drug-likeness (QED) is 0.758. The predicted octanol–water partition coefficient (Wildman–Crippen LogP) is 3.22.